The van der Waals surface area contributed by atoms with Crippen LogP contribution in [-0.2, 0) is 42.4 Å². The summed E-state index contributed by atoms with van der Waals surface area (Å²) in [5.74, 6) is 0. The molecule has 2 fully saturated rings. The van der Waals surface area contributed by atoms with E-state index in [0.29, 0.717) is 26.4 Å². The van der Waals surface area contributed by atoms with E-state index in [1.807, 2.05) is 0 Å². The Balaban J connectivity index is 2.19. The number of hydrogen-bond acceptors (Lipinski definition) is 9. The quantitative estimate of drug-likeness (QED) is 0.367. The molecular weight excluding hydrogens is 416 g/mol. The summed E-state index contributed by atoms with van der Waals surface area (Å²) in [4.78, 5) is 0. The fourth-order valence-electron chi connectivity index (χ4n) is 3.30. The average molecular weight is 455 g/mol. The summed E-state index contributed by atoms with van der Waals surface area (Å²) in [7, 11) is -4.11. The van der Waals surface area contributed by atoms with Crippen LogP contribution in [-0.4, -0.2) is 78.8 Å². The van der Waals surface area contributed by atoms with E-state index in [9.17, 15) is 8.42 Å². The lowest BCUT2D eigenvalue weighted by atomic mass is 9.99. The normalized spacial score (nSPS) is 29.8. The molecular formula is C20H38O9S. The molecule has 5 atom stereocenters. The van der Waals surface area contributed by atoms with Crippen LogP contribution in [0.15, 0.2) is 0 Å². The molecule has 10 heteroatoms. The predicted octanol–water partition coefficient (Wildman–Crippen LogP) is 2.58. The average Bonchev–Trinajstić information content (AvgIpc) is 2.89. The van der Waals surface area contributed by atoms with Crippen molar-refractivity contribution in [2.45, 2.75) is 89.8 Å². The van der Waals surface area contributed by atoms with E-state index in [1.54, 1.807) is 0 Å². The third kappa shape index (κ3) is 8.31. The molecule has 0 spiro atoms. The minimum Gasteiger partial charge on any atom is -0.379 e. The van der Waals surface area contributed by atoms with Gasteiger partial charge in [0.2, 0.25) is 0 Å². The molecule has 2 rings (SSSR count). The second-order valence-electron chi connectivity index (χ2n) is 7.59. The van der Waals surface area contributed by atoms with E-state index < -0.39 is 40.9 Å². The Labute approximate surface area is 180 Å². The van der Waals surface area contributed by atoms with Gasteiger partial charge in [-0.15, -0.1) is 0 Å². The van der Waals surface area contributed by atoms with Crippen LogP contribution >= 0.6 is 0 Å². The molecule has 0 aromatic rings. The van der Waals surface area contributed by atoms with Crippen molar-refractivity contribution >= 4 is 10.4 Å². The van der Waals surface area contributed by atoms with E-state index in [1.165, 1.54) is 0 Å². The van der Waals surface area contributed by atoms with Gasteiger partial charge >= 0.3 is 10.4 Å². The molecule has 0 radical (unpaired) electrons. The van der Waals surface area contributed by atoms with Crippen molar-refractivity contribution in [2.24, 2.45) is 0 Å². The molecule has 0 amide bonds. The molecule has 2 saturated heterocycles. The summed E-state index contributed by atoms with van der Waals surface area (Å²) in [6, 6.07) is 0. The van der Waals surface area contributed by atoms with E-state index >= 15 is 0 Å². The highest BCUT2D eigenvalue weighted by molar-refractivity contribution is 7.81. The first-order valence-electron chi connectivity index (χ1n) is 11.1. The van der Waals surface area contributed by atoms with Crippen LogP contribution in [0.5, 0.6) is 0 Å². The maximum Gasteiger partial charge on any atom is 0.400 e. The fraction of sp³-hybridized carbons (Fsp3) is 1.00. The van der Waals surface area contributed by atoms with Crippen molar-refractivity contribution in [2.75, 3.05) is 39.8 Å². The van der Waals surface area contributed by atoms with Crippen LogP contribution in [0.2, 0.25) is 0 Å². The second-order valence-corrected chi connectivity index (χ2v) is 8.83. The highest BCUT2D eigenvalue weighted by Gasteiger charge is 2.49. The molecule has 0 unspecified atom stereocenters. The SMILES string of the molecule is CCCCOC[C@@H](OCCCC)[C@H]1OCO[C@@H]2COS(=O)(=O)O[C@H]2[C@@H]1OCCCC. The van der Waals surface area contributed by atoms with Crippen molar-refractivity contribution < 1.29 is 40.5 Å². The third-order valence-corrected chi connectivity index (χ3v) is 5.97. The van der Waals surface area contributed by atoms with Gasteiger partial charge in [-0.3, -0.25) is 0 Å². The molecule has 2 heterocycles. The highest BCUT2D eigenvalue weighted by atomic mass is 32.3. The number of fused-ring (bicyclic) bond motifs is 1. The highest BCUT2D eigenvalue weighted by Crippen LogP contribution is 2.30. The molecule has 0 saturated carbocycles. The summed E-state index contributed by atoms with van der Waals surface area (Å²) < 4.78 is 63.7. The van der Waals surface area contributed by atoms with Crippen molar-refractivity contribution in [3.8, 4) is 0 Å². The second kappa shape index (κ2) is 13.9. The van der Waals surface area contributed by atoms with Crippen molar-refractivity contribution in [1.29, 1.82) is 0 Å². The Hall–Kier alpha value is -0.330. The van der Waals surface area contributed by atoms with Crippen molar-refractivity contribution in [3.05, 3.63) is 0 Å². The van der Waals surface area contributed by atoms with Gasteiger partial charge in [0.1, 0.15) is 37.3 Å². The summed E-state index contributed by atoms with van der Waals surface area (Å²) in [6.45, 7) is 8.04. The molecule has 30 heavy (non-hydrogen) atoms. The molecule has 0 aliphatic carbocycles. The molecule has 178 valence electrons. The van der Waals surface area contributed by atoms with Gasteiger partial charge in [0.05, 0.1) is 13.2 Å². The zero-order chi connectivity index (χ0) is 21.8. The lowest BCUT2D eigenvalue weighted by Gasteiger charge is -2.37. The summed E-state index contributed by atoms with van der Waals surface area (Å²) in [5.41, 5.74) is 0. The Morgan fingerprint density at radius 1 is 0.967 bits per heavy atom. The van der Waals surface area contributed by atoms with Crippen LogP contribution in [0.25, 0.3) is 0 Å². The zero-order valence-electron chi connectivity index (χ0n) is 18.5. The Kier molecular flexibility index (Phi) is 12.1. The van der Waals surface area contributed by atoms with Gasteiger partial charge < -0.3 is 23.7 Å². The smallest absolute Gasteiger partial charge is 0.379 e. The molecule has 0 bridgehead atoms. The lowest BCUT2D eigenvalue weighted by Crippen LogP contribution is -2.56. The Bertz CT molecular complexity index is 556. The van der Waals surface area contributed by atoms with Gasteiger partial charge in [0, 0.05) is 19.8 Å². The lowest BCUT2D eigenvalue weighted by molar-refractivity contribution is -0.177. The van der Waals surface area contributed by atoms with Crippen LogP contribution in [0.3, 0.4) is 0 Å². The molecule has 2 aliphatic heterocycles. The monoisotopic (exact) mass is 454 g/mol. The van der Waals surface area contributed by atoms with E-state index in [0.717, 1.165) is 38.5 Å². The Morgan fingerprint density at radius 3 is 2.40 bits per heavy atom. The predicted molar refractivity (Wildman–Crippen MR) is 109 cm³/mol. The maximum atomic E-state index is 12.0. The third-order valence-electron chi connectivity index (χ3n) is 5.09. The molecule has 2 aliphatic rings. The van der Waals surface area contributed by atoms with E-state index in [-0.39, 0.29) is 13.4 Å². The van der Waals surface area contributed by atoms with Crippen LogP contribution in [0, 0.1) is 0 Å². The van der Waals surface area contributed by atoms with E-state index in [4.69, 9.17) is 32.1 Å². The van der Waals surface area contributed by atoms with Crippen molar-refractivity contribution in [1.82, 2.24) is 0 Å². The van der Waals surface area contributed by atoms with Crippen molar-refractivity contribution in [3.63, 3.8) is 0 Å². The first-order chi connectivity index (χ1) is 14.5. The number of rotatable bonds is 14. The molecule has 9 nitrogen and oxygen atoms in total. The van der Waals surface area contributed by atoms with Crippen LogP contribution in [0.4, 0.5) is 0 Å². The minimum absolute atomic E-state index is 0.0329. The van der Waals surface area contributed by atoms with Crippen LogP contribution < -0.4 is 0 Å². The number of ether oxygens (including phenoxy) is 5. The standard InChI is InChI=1S/C20H38O9S/c1-4-7-10-23-13-16(24-11-8-5-2)18-20(25-12-9-6-3)19-17(26-15-27-18)14-28-30(21,22)29-19/h16-20H,4-15H2,1-3H3/t16-,17-,18-,19-,20-/m1/s1. The van der Waals surface area contributed by atoms with Gasteiger partial charge in [-0.25, -0.2) is 8.37 Å². The summed E-state index contributed by atoms with van der Waals surface area (Å²) in [6.07, 6.45) is 2.47. The Morgan fingerprint density at radius 2 is 1.67 bits per heavy atom. The van der Waals surface area contributed by atoms with Gasteiger partial charge in [-0.05, 0) is 19.3 Å². The topological polar surface area (TPSA) is 98.8 Å². The first kappa shape index (κ1) is 25.9. The summed E-state index contributed by atoms with van der Waals surface area (Å²) >= 11 is 0. The maximum absolute atomic E-state index is 12.0. The summed E-state index contributed by atoms with van der Waals surface area (Å²) in [5, 5.41) is 0. The van der Waals surface area contributed by atoms with Gasteiger partial charge in [-0.2, -0.15) is 8.42 Å². The van der Waals surface area contributed by atoms with Gasteiger partial charge in [-0.1, -0.05) is 40.0 Å². The van der Waals surface area contributed by atoms with E-state index in [2.05, 4.69) is 20.8 Å². The largest absolute Gasteiger partial charge is 0.400 e. The molecule has 0 aromatic heterocycles. The molecule has 0 aromatic carbocycles. The minimum atomic E-state index is -4.11. The van der Waals surface area contributed by atoms with Gasteiger partial charge in [0.25, 0.3) is 0 Å². The van der Waals surface area contributed by atoms with Crippen LogP contribution in [0.1, 0.15) is 59.3 Å². The first-order valence-corrected chi connectivity index (χ1v) is 12.5. The fourth-order valence-corrected chi connectivity index (χ4v) is 4.16. The number of hydrogen-bond donors (Lipinski definition) is 0. The number of unbranched alkanes of at least 4 members (excludes halogenated alkanes) is 3. The van der Waals surface area contributed by atoms with Gasteiger partial charge in [0.15, 0.2) is 0 Å². The zero-order valence-corrected chi connectivity index (χ0v) is 19.3. The molecule has 0 N–H and O–H groups in total.